The monoisotopic (exact) mass is 386 g/mol. The molecule has 0 aliphatic rings. The van der Waals surface area contributed by atoms with Gasteiger partial charge in [0.15, 0.2) is 8.32 Å². The van der Waals surface area contributed by atoms with Crippen LogP contribution in [0.2, 0.25) is 18.1 Å². The predicted octanol–water partition coefficient (Wildman–Crippen LogP) is 4.17. The molecule has 0 aliphatic heterocycles. The Hall–Kier alpha value is -2.25. The molecular formula is C20H30N4O2Si. The average Bonchev–Trinajstić information content (AvgIpc) is 2.58. The zero-order valence-electron chi connectivity index (χ0n) is 17.3. The zero-order chi connectivity index (χ0) is 20.4. The molecule has 2 aromatic rings. The fourth-order valence-electron chi connectivity index (χ4n) is 2.29. The largest absolute Gasteiger partial charge is 0.413 e. The number of nitrogens with zero attached hydrogens (tertiary/aromatic N) is 3. The van der Waals surface area contributed by atoms with Crippen molar-refractivity contribution in [3.05, 3.63) is 47.4 Å². The molecule has 0 radical (unpaired) electrons. The first-order valence-corrected chi connectivity index (χ1v) is 11.9. The number of anilines is 2. The van der Waals surface area contributed by atoms with E-state index >= 15 is 0 Å². The van der Waals surface area contributed by atoms with Crippen LogP contribution in [0.4, 0.5) is 11.5 Å². The number of rotatable bonds is 5. The lowest BCUT2D eigenvalue weighted by Crippen LogP contribution is -2.40. The Morgan fingerprint density at radius 2 is 1.96 bits per heavy atom. The Bertz CT molecular complexity index is 831. The van der Waals surface area contributed by atoms with Crippen molar-refractivity contribution in [1.82, 2.24) is 9.97 Å². The van der Waals surface area contributed by atoms with Crippen LogP contribution in [0.5, 0.6) is 0 Å². The molecule has 2 rings (SSSR count). The quantitative estimate of drug-likeness (QED) is 0.780. The molecule has 0 aliphatic carbocycles. The molecular weight excluding hydrogens is 356 g/mol. The summed E-state index contributed by atoms with van der Waals surface area (Å²) < 4.78 is 6.29. The van der Waals surface area contributed by atoms with Crippen LogP contribution in [0.1, 0.15) is 42.5 Å². The van der Waals surface area contributed by atoms with Gasteiger partial charge in [-0.05, 0) is 42.8 Å². The summed E-state index contributed by atoms with van der Waals surface area (Å²) in [4.78, 5) is 22.5. The third-order valence-corrected chi connectivity index (χ3v) is 9.66. The van der Waals surface area contributed by atoms with Crippen LogP contribution >= 0.6 is 0 Å². The molecule has 1 aromatic heterocycles. The van der Waals surface area contributed by atoms with Gasteiger partial charge in [-0.15, -0.1) is 0 Å². The lowest BCUT2D eigenvalue weighted by atomic mass is 10.2. The first kappa shape index (κ1) is 21.1. The van der Waals surface area contributed by atoms with E-state index in [1.807, 2.05) is 24.3 Å². The van der Waals surface area contributed by atoms with Crippen molar-refractivity contribution < 1.29 is 9.22 Å². The molecule has 0 saturated heterocycles. The van der Waals surface area contributed by atoms with Gasteiger partial charge in [0.05, 0.1) is 6.61 Å². The number of nitrogens with two attached hydrogens (primary N) is 1. The van der Waals surface area contributed by atoms with Gasteiger partial charge >= 0.3 is 0 Å². The van der Waals surface area contributed by atoms with Gasteiger partial charge in [0, 0.05) is 18.9 Å². The second-order valence-electron chi connectivity index (χ2n) is 8.30. The molecule has 6 nitrogen and oxygen atoms in total. The van der Waals surface area contributed by atoms with E-state index in [4.69, 9.17) is 10.2 Å². The molecule has 7 heteroatoms. The fraction of sp³-hybridized carbons (Fsp3) is 0.450. The van der Waals surface area contributed by atoms with E-state index in [0.29, 0.717) is 18.0 Å². The van der Waals surface area contributed by atoms with Crippen molar-refractivity contribution in [2.75, 3.05) is 17.7 Å². The van der Waals surface area contributed by atoms with Crippen molar-refractivity contribution >= 4 is 25.7 Å². The minimum absolute atomic E-state index is 0.153. The predicted molar refractivity (Wildman–Crippen MR) is 112 cm³/mol. The summed E-state index contributed by atoms with van der Waals surface area (Å²) in [5.41, 5.74) is 7.99. The Morgan fingerprint density at radius 1 is 1.30 bits per heavy atom. The highest BCUT2D eigenvalue weighted by Crippen LogP contribution is 2.37. The van der Waals surface area contributed by atoms with E-state index in [9.17, 15) is 4.79 Å². The smallest absolute Gasteiger partial charge is 0.263 e. The third kappa shape index (κ3) is 4.93. The molecule has 1 heterocycles. The van der Waals surface area contributed by atoms with Crippen LogP contribution in [0.25, 0.3) is 0 Å². The molecule has 0 spiro atoms. The number of aryl methyl sites for hydroxylation is 1. The molecule has 0 bridgehead atoms. The molecule has 0 fully saturated rings. The highest BCUT2D eigenvalue weighted by molar-refractivity contribution is 6.74. The second-order valence-corrected chi connectivity index (χ2v) is 13.1. The van der Waals surface area contributed by atoms with Crippen molar-refractivity contribution in [3.63, 3.8) is 0 Å². The van der Waals surface area contributed by atoms with Gasteiger partial charge < -0.3 is 15.1 Å². The van der Waals surface area contributed by atoms with Crippen molar-refractivity contribution in [1.29, 1.82) is 0 Å². The van der Waals surface area contributed by atoms with Gasteiger partial charge in [-0.25, -0.2) is 9.97 Å². The number of hydrogen-bond donors (Lipinski definition) is 1. The van der Waals surface area contributed by atoms with E-state index < -0.39 is 8.32 Å². The summed E-state index contributed by atoms with van der Waals surface area (Å²) in [7, 11) is -0.115. The average molecular weight is 387 g/mol. The van der Waals surface area contributed by atoms with Crippen LogP contribution in [-0.2, 0) is 11.0 Å². The fourth-order valence-corrected chi connectivity index (χ4v) is 3.25. The molecule has 0 saturated carbocycles. The number of carbonyl (C=O) groups is 1. The standard InChI is InChI=1S/C20H30N4O2Si/c1-14-22-12-17(18(21)23-14)19(25)24(5)16-10-8-9-15(11-16)13-26-27(6,7)20(2,3)4/h8-12H,13H2,1-7H3,(H2,21,22,23). The highest BCUT2D eigenvalue weighted by Gasteiger charge is 2.37. The maximum Gasteiger partial charge on any atom is 0.263 e. The van der Waals surface area contributed by atoms with Crippen LogP contribution in [0, 0.1) is 6.92 Å². The van der Waals surface area contributed by atoms with E-state index in [1.54, 1.807) is 18.9 Å². The highest BCUT2D eigenvalue weighted by atomic mass is 28.4. The number of aromatic nitrogens is 2. The minimum Gasteiger partial charge on any atom is -0.413 e. The van der Waals surface area contributed by atoms with Crippen molar-refractivity contribution in [3.8, 4) is 0 Å². The second kappa shape index (κ2) is 7.78. The van der Waals surface area contributed by atoms with E-state index in [-0.39, 0.29) is 16.8 Å². The first-order valence-electron chi connectivity index (χ1n) is 9.02. The minimum atomic E-state index is -1.83. The Labute approximate surface area is 162 Å². The van der Waals surface area contributed by atoms with Crippen LogP contribution in [-0.4, -0.2) is 31.2 Å². The van der Waals surface area contributed by atoms with Gasteiger partial charge in [0.2, 0.25) is 0 Å². The molecule has 1 amide bonds. The van der Waals surface area contributed by atoms with Gasteiger partial charge in [0.25, 0.3) is 5.91 Å². The summed E-state index contributed by atoms with van der Waals surface area (Å²) in [6.45, 7) is 13.4. The van der Waals surface area contributed by atoms with Gasteiger partial charge in [-0.1, -0.05) is 32.9 Å². The first-order chi connectivity index (χ1) is 12.4. The topological polar surface area (TPSA) is 81.3 Å². The number of benzene rings is 1. The van der Waals surface area contributed by atoms with E-state index in [0.717, 1.165) is 11.3 Å². The normalized spacial score (nSPS) is 12.1. The van der Waals surface area contributed by atoms with Gasteiger partial charge in [-0.3, -0.25) is 4.79 Å². The molecule has 146 valence electrons. The Balaban J connectivity index is 2.17. The summed E-state index contributed by atoms with van der Waals surface area (Å²) in [5, 5.41) is 0.153. The summed E-state index contributed by atoms with van der Waals surface area (Å²) in [6, 6.07) is 7.80. The van der Waals surface area contributed by atoms with Gasteiger partial charge in [0.1, 0.15) is 17.2 Å². The third-order valence-electron chi connectivity index (χ3n) is 5.18. The van der Waals surface area contributed by atoms with Crippen molar-refractivity contribution in [2.45, 2.75) is 52.4 Å². The summed E-state index contributed by atoms with van der Waals surface area (Å²) in [6.07, 6.45) is 1.47. The maximum absolute atomic E-state index is 12.8. The van der Waals surface area contributed by atoms with E-state index in [1.165, 1.54) is 6.20 Å². The van der Waals surface area contributed by atoms with Crippen LogP contribution in [0.3, 0.4) is 0 Å². The zero-order valence-corrected chi connectivity index (χ0v) is 18.3. The lowest BCUT2D eigenvalue weighted by Gasteiger charge is -2.36. The summed E-state index contributed by atoms with van der Waals surface area (Å²) in [5.74, 6) is 0.489. The molecule has 1 aromatic carbocycles. The summed E-state index contributed by atoms with van der Waals surface area (Å²) >= 11 is 0. The van der Waals surface area contributed by atoms with E-state index in [2.05, 4.69) is 43.8 Å². The number of carbonyl (C=O) groups excluding carboxylic acids is 1. The molecule has 0 atom stereocenters. The number of nitrogen functional groups attached to an aromatic ring is 1. The lowest BCUT2D eigenvalue weighted by molar-refractivity contribution is 0.0993. The molecule has 27 heavy (non-hydrogen) atoms. The number of hydrogen-bond acceptors (Lipinski definition) is 5. The maximum atomic E-state index is 12.8. The molecule has 2 N–H and O–H groups in total. The Morgan fingerprint density at radius 3 is 2.56 bits per heavy atom. The van der Waals surface area contributed by atoms with Crippen LogP contribution in [0.15, 0.2) is 30.5 Å². The SMILES string of the molecule is Cc1ncc(C(=O)N(C)c2cccc(CO[Si](C)(C)C(C)(C)C)c2)c(N)n1. The Kier molecular flexibility index (Phi) is 6.06. The van der Waals surface area contributed by atoms with Gasteiger partial charge in [-0.2, -0.15) is 0 Å². The number of amides is 1. The van der Waals surface area contributed by atoms with Crippen LogP contribution < -0.4 is 10.6 Å². The van der Waals surface area contributed by atoms with Crippen molar-refractivity contribution in [2.24, 2.45) is 0 Å². The molecule has 0 unspecified atom stereocenters.